The molecule has 0 aliphatic carbocycles. The third kappa shape index (κ3) is 14.4. The van der Waals surface area contributed by atoms with Gasteiger partial charge in [-0.25, -0.2) is 28.9 Å². The average molecular weight is 922 g/mol. The fourth-order valence-electron chi connectivity index (χ4n) is 6.44. The number of alkyl halides is 1. The number of rotatable bonds is 8. The van der Waals surface area contributed by atoms with Crippen molar-refractivity contribution in [1.82, 2.24) is 60.2 Å². The molecule has 2 fully saturated rings. The first-order valence-corrected chi connectivity index (χ1v) is 22.8. The molecule has 0 saturated carbocycles. The van der Waals surface area contributed by atoms with E-state index in [-0.39, 0.29) is 17.9 Å². The van der Waals surface area contributed by atoms with Crippen LogP contribution < -0.4 is 4.74 Å². The van der Waals surface area contributed by atoms with Gasteiger partial charge in [0.15, 0.2) is 0 Å². The summed E-state index contributed by atoms with van der Waals surface area (Å²) in [7, 11) is 0. The molecule has 0 bridgehead atoms. The van der Waals surface area contributed by atoms with Crippen LogP contribution >= 0.6 is 34.3 Å². The number of nitrogens with zero attached hydrogens (tertiary/aromatic N) is 12. The van der Waals surface area contributed by atoms with E-state index in [1.165, 1.54) is 11.0 Å². The fourth-order valence-corrected chi connectivity index (χ4v) is 8.63. The average Bonchev–Trinajstić information content (AvgIpc) is 4.12. The van der Waals surface area contributed by atoms with Gasteiger partial charge in [0, 0.05) is 48.8 Å². The number of thiazole rings is 2. The van der Waals surface area contributed by atoms with Crippen molar-refractivity contribution in [3.8, 4) is 22.9 Å². The van der Waals surface area contributed by atoms with Crippen molar-refractivity contribution in [2.24, 2.45) is 0 Å². The molecule has 2 aromatic carbocycles. The number of hydrogen-bond acceptors (Lipinski definition) is 16. The molecule has 0 radical (unpaired) electrons. The Balaban J connectivity index is 0.000000175. The number of likely N-dealkylation sites (tertiary alicyclic amines) is 2. The zero-order valence-corrected chi connectivity index (χ0v) is 38.6. The number of phenols is 1. The first kappa shape index (κ1) is 46.8. The molecule has 2 saturated heterocycles. The zero-order valence-electron chi connectivity index (χ0n) is 36.2. The number of amides is 2. The van der Waals surface area contributed by atoms with Crippen LogP contribution in [-0.2, 0) is 22.0 Å². The molecule has 336 valence electrons. The van der Waals surface area contributed by atoms with Crippen molar-refractivity contribution in [2.75, 3.05) is 26.2 Å². The Morgan fingerprint density at radius 3 is 1.51 bits per heavy atom. The maximum absolute atomic E-state index is 12.2. The highest BCUT2D eigenvalue weighted by Crippen LogP contribution is 2.33. The SMILES string of the molecule is CC(C)(C)OC(=O)N1CCC(c2nc(CCl)cs2)CC1.CC(C)(C)OC(=O)N1CCC(c2nc(COc3ccc(-n4cnnn4)cc3)cs2)CC1.Oc1ccc(-n2cnnn2)cc1. The predicted octanol–water partition coefficient (Wildman–Crippen LogP) is 8.18. The van der Waals surface area contributed by atoms with E-state index in [1.807, 2.05) is 76.6 Å². The molecular formula is C42H53ClN12O6S2. The van der Waals surface area contributed by atoms with Crippen LogP contribution in [0.15, 0.2) is 71.9 Å². The van der Waals surface area contributed by atoms with E-state index in [4.69, 9.17) is 35.9 Å². The molecule has 0 spiro atoms. The van der Waals surface area contributed by atoms with Gasteiger partial charge in [-0.05, 0) is 137 Å². The lowest BCUT2D eigenvalue weighted by Gasteiger charge is -2.32. The fraction of sp³-hybridized carbons (Fsp3) is 0.476. The molecule has 21 heteroatoms. The minimum Gasteiger partial charge on any atom is -0.508 e. The molecule has 2 amide bonds. The molecular weight excluding hydrogens is 868 g/mol. The number of carbonyl (C=O) groups is 2. The summed E-state index contributed by atoms with van der Waals surface area (Å²) in [5, 5.41) is 37.1. The lowest BCUT2D eigenvalue weighted by Crippen LogP contribution is -2.41. The summed E-state index contributed by atoms with van der Waals surface area (Å²) in [5.41, 5.74) is 2.65. The number of tetrazole rings is 2. The van der Waals surface area contributed by atoms with Gasteiger partial charge >= 0.3 is 12.2 Å². The molecule has 6 aromatic rings. The summed E-state index contributed by atoms with van der Waals surface area (Å²) in [4.78, 5) is 37.1. The maximum Gasteiger partial charge on any atom is 0.410 e. The molecule has 2 aliphatic heterocycles. The second-order valence-corrected chi connectivity index (χ2v) is 18.8. The van der Waals surface area contributed by atoms with Crippen molar-refractivity contribution in [3.05, 3.63) is 93.3 Å². The van der Waals surface area contributed by atoms with Gasteiger partial charge in [0.25, 0.3) is 0 Å². The minimum absolute atomic E-state index is 0.212. The highest BCUT2D eigenvalue weighted by molar-refractivity contribution is 7.10. The monoisotopic (exact) mass is 920 g/mol. The molecule has 1 N–H and O–H groups in total. The first-order chi connectivity index (χ1) is 30.1. The van der Waals surface area contributed by atoms with Gasteiger partial charge in [-0.2, -0.15) is 0 Å². The van der Waals surface area contributed by atoms with Crippen molar-refractivity contribution in [1.29, 1.82) is 0 Å². The normalized spacial score (nSPS) is 14.8. The van der Waals surface area contributed by atoms with Gasteiger partial charge in [-0.3, -0.25) is 0 Å². The topological polar surface area (TPSA) is 202 Å². The maximum atomic E-state index is 12.2. The molecule has 4 aromatic heterocycles. The minimum atomic E-state index is -0.466. The van der Waals surface area contributed by atoms with Crippen LogP contribution in [0.25, 0.3) is 11.4 Å². The lowest BCUT2D eigenvalue weighted by atomic mass is 9.98. The molecule has 2 aliphatic rings. The molecule has 8 rings (SSSR count). The van der Waals surface area contributed by atoms with Crippen LogP contribution in [0.2, 0.25) is 0 Å². The number of hydrogen-bond donors (Lipinski definition) is 1. The van der Waals surface area contributed by atoms with Gasteiger partial charge in [0.05, 0.1) is 38.7 Å². The Morgan fingerprint density at radius 1 is 0.683 bits per heavy atom. The third-order valence-electron chi connectivity index (χ3n) is 9.57. The van der Waals surface area contributed by atoms with Crippen LogP contribution in [0.4, 0.5) is 9.59 Å². The number of benzene rings is 2. The number of carbonyl (C=O) groups excluding carboxylic acids is 2. The Bertz CT molecular complexity index is 2300. The zero-order chi connectivity index (χ0) is 45.0. The second kappa shape index (κ2) is 21.6. The largest absolute Gasteiger partial charge is 0.508 e. The van der Waals surface area contributed by atoms with E-state index < -0.39 is 11.2 Å². The van der Waals surface area contributed by atoms with Crippen molar-refractivity contribution >= 4 is 46.5 Å². The van der Waals surface area contributed by atoms with Gasteiger partial charge in [-0.15, -0.1) is 44.5 Å². The van der Waals surface area contributed by atoms with E-state index in [0.717, 1.165) is 77.3 Å². The van der Waals surface area contributed by atoms with E-state index in [1.54, 1.807) is 67.7 Å². The quantitative estimate of drug-likeness (QED) is 0.143. The van der Waals surface area contributed by atoms with Gasteiger partial charge in [0.1, 0.15) is 42.0 Å². The number of ether oxygens (including phenoxy) is 3. The summed E-state index contributed by atoms with van der Waals surface area (Å²) in [5.74, 6) is 2.26. The number of aromatic nitrogens is 10. The Kier molecular flexibility index (Phi) is 16.0. The molecule has 0 unspecified atom stereocenters. The Morgan fingerprint density at radius 2 is 1.11 bits per heavy atom. The number of phenolic OH excluding ortho intramolecular Hbond substituents is 1. The summed E-state index contributed by atoms with van der Waals surface area (Å²) in [6.45, 7) is 14.6. The van der Waals surface area contributed by atoms with Crippen LogP contribution in [0, 0.1) is 0 Å². The summed E-state index contributed by atoms with van der Waals surface area (Å²) in [6.07, 6.45) is 6.26. The van der Waals surface area contributed by atoms with E-state index in [2.05, 4.69) is 36.0 Å². The first-order valence-electron chi connectivity index (χ1n) is 20.5. The highest BCUT2D eigenvalue weighted by Gasteiger charge is 2.30. The van der Waals surface area contributed by atoms with Gasteiger partial charge < -0.3 is 29.1 Å². The standard InChI is InChI=1S/C21H26N6O3S.C14H21ClN2O2S.C7H6N4O/c1-21(2,3)30-20(28)26-10-8-15(9-11-26)19-23-16(13-31-19)12-29-18-6-4-17(5-7-18)27-14-22-24-25-27;1-14(2,3)19-13(18)17-6-4-10(5-7-17)12-16-11(8-15)9-20-12;12-7-3-1-6(2-4-7)11-5-8-9-10-11/h4-7,13-15H,8-12H2,1-3H3;9-10H,4-8H2,1-3H3;1-5,12H. The number of aromatic hydroxyl groups is 1. The smallest absolute Gasteiger partial charge is 0.410 e. The van der Waals surface area contributed by atoms with Crippen LogP contribution in [0.1, 0.15) is 100 Å². The van der Waals surface area contributed by atoms with E-state index >= 15 is 0 Å². The molecule has 0 atom stereocenters. The Labute approximate surface area is 379 Å². The van der Waals surface area contributed by atoms with Crippen LogP contribution in [-0.4, -0.2) is 115 Å². The predicted molar refractivity (Wildman–Crippen MR) is 238 cm³/mol. The van der Waals surface area contributed by atoms with Gasteiger partial charge in [0.2, 0.25) is 0 Å². The van der Waals surface area contributed by atoms with E-state index in [9.17, 15) is 9.59 Å². The van der Waals surface area contributed by atoms with Crippen molar-refractivity contribution in [3.63, 3.8) is 0 Å². The van der Waals surface area contributed by atoms with Crippen molar-refractivity contribution in [2.45, 2.75) is 103 Å². The van der Waals surface area contributed by atoms with Crippen molar-refractivity contribution < 1.29 is 28.9 Å². The van der Waals surface area contributed by atoms with Gasteiger partial charge in [-0.1, -0.05) is 0 Å². The molecule has 63 heavy (non-hydrogen) atoms. The Hall–Kier alpha value is -5.73. The molecule has 6 heterocycles. The third-order valence-corrected chi connectivity index (χ3v) is 12.0. The lowest BCUT2D eigenvalue weighted by molar-refractivity contribution is 0.0194. The van der Waals surface area contributed by atoms with Crippen LogP contribution in [0.3, 0.4) is 0 Å². The number of piperidine rings is 2. The highest BCUT2D eigenvalue weighted by atomic mass is 35.5. The van der Waals surface area contributed by atoms with Crippen LogP contribution in [0.5, 0.6) is 11.5 Å². The second-order valence-electron chi connectivity index (χ2n) is 16.8. The summed E-state index contributed by atoms with van der Waals surface area (Å²) in [6, 6.07) is 14.2. The number of halogens is 1. The van der Waals surface area contributed by atoms with E-state index in [0.29, 0.717) is 37.4 Å². The molecule has 18 nitrogen and oxygen atoms in total. The summed E-state index contributed by atoms with van der Waals surface area (Å²) >= 11 is 9.11. The summed E-state index contributed by atoms with van der Waals surface area (Å²) < 4.78 is 19.8.